The van der Waals surface area contributed by atoms with Gasteiger partial charge in [0, 0.05) is 5.56 Å². The van der Waals surface area contributed by atoms with Crippen LogP contribution in [0, 0.1) is 0 Å². The molecule has 0 unspecified atom stereocenters. The molecule has 1 nitrogen and oxygen atoms in total. The van der Waals surface area contributed by atoms with Crippen molar-refractivity contribution >= 4 is 29.6 Å². The SMILES string of the molecule is CCCCc1ccccc1-c1ccccc1O.[NaH]. The first kappa shape index (κ1) is 15.3. The van der Waals surface area contributed by atoms with Crippen molar-refractivity contribution < 1.29 is 5.11 Å². The number of unbranched alkanes of at least 4 members (excludes halogenated alkanes) is 1. The number of aryl methyl sites for hydroxylation is 1. The van der Waals surface area contributed by atoms with Gasteiger partial charge in [-0.3, -0.25) is 0 Å². The zero-order valence-corrected chi connectivity index (χ0v) is 10.2. The van der Waals surface area contributed by atoms with Crippen LogP contribution in [-0.2, 0) is 6.42 Å². The molecule has 0 aliphatic carbocycles. The molecule has 2 aromatic carbocycles. The van der Waals surface area contributed by atoms with Gasteiger partial charge in [-0.1, -0.05) is 55.8 Å². The second-order valence-corrected chi connectivity index (χ2v) is 4.28. The van der Waals surface area contributed by atoms with Gasteiger partial charge < -0.3 is 5.11 Å². The van der Waals surface area contributed by atoms with E-state index in [-0.39, 0.29) is 29.6 Å². The molecule has 0 fully saturated rings. The fraction of sp³-hybridized carbons (Fsp3) is 0.250. The number of rotatable bonds is 4. The number of phenols is 1. The third kappa shape index (κ3) is 3.61. The van der Waals surface area contributed by atoms with Crippen molar-refractivity contribution in [3.8, 4) is 16.9 Å². The molecule has 18 heavy (non-hydrogen) atoms. The molecule has 2 heteroatoms. The number of phenolic OH excluding ortho intramolecular Hbond substituents is 1. The summed E-state index contributed by atoms with van der Waals surface area (Å²) in [6.07, 6.45) is 3.45. The molecule has 0 amide bonds. The molecule has 2 aromatic rings. The van der Waals surface area contributed by atoms with Gasteiger partial charge in [0.25, 0.3) is 0 Å². The van der Waals surface area contributed by atoms with Crippen molar-refractivity contribution in [1.82, 2.24) is 0 Å². The fourth-order valence-electron chi connectivity index (χ4n) is 2.07. The first-order valence-corrected chi connectivity index (χ1v) is 6.19. The molecule has 0 radical (unpaired) electrons. The van der Waals surface area contributed by atoms with E-state index in [0.717, 1.165) is 17.5 Å². The van der Waals surface area contributed by atoms with Gasteiger partial charge in [0.2, 0.25) is 0 Å². The van der Waals surface area contributed by atoms with Gasteiger partial charge in [-0.25, -0.2) is 0 Å². The summed E-state index contributed by atoms with van der Waals surface area (Å²) in [5, 5.41) is 9.91. The van der Waals surface area contributed by atoms with Crippen LogP contribution in [0.2, 0.25) is 0 Å². The summed E-state index contributed by atoms with van der Waals surface area (Å²) in [5.41, 5.74) is 3.40. The van der Waals surface area contributed by atoms with Gasteiger partial charge in [0.15, 0.2) is 0 Å². The van der Waals surface area contributed by atoms with E-state index in [1.165, 1.54) is 18.4 Å². The molecule has 0 saturated carbocycles. The molecular weight excluding hydrogens is 231 g/mol. The van der Waals surface area contributed by atoms with Gasteiger partial charge >= 0.3 is 29.6 Å². The van der Waals surface area contributed by atoms with Crippen LogP contribution in [0.3, 0.4) is 0 Å². The normalized spacial score (nSPS) is 9.83. The van der Waals surface area contributed by atoms with Crippen LogP contribution in [-0.4, -0.2) is 34.7 Å². The van der Waals surface area contributed by atoms with E-state index in [2.05, 4.69) is 25.1 Å². The molecule has 0 spiro atoms. The van der Waals surface area contributed by atoms with E-state index in [4.69, 9.17) is 0 Å². The van der Waals surface area contributed by atoms with Crippen molar-refractivity contribution in [2.24, 2.45) is 0 Å². The Morgan fingerprint density at radius 2 is 1.50 bits per heavy atom. The van der Waals surface area contributed by atoms with E-state index in [9.17, 15) is 5.11 Å². The second-order valence-electron chi connectivity index (χ2n) is 4.28. The molecule has 90 valence electrons. The van der Waals surface area contributed by atoms with Crippen LogP contribution in [0.15, 0.2) is 48.5 Å². The van der Waals surface area contributed by atoms with Gasteiger partial charge in [0.1, 0.15) is 5.75 Å². The first-order chi connectivity index (χ1) is 8.33. The van der Waals surface area contributed by atoms with Gasteiger partial charge in [-0.2, -0.15) is 0 Å². The Hall–Kier alpha value is -0.760. The summed E-state index contributed by atoms with van der Waals surface area (Å²) in [4.78, 5) is 0. The topological polar surface area (TPSA) is 20.2 Å². The third-order valence-electron chi connectivity index (χ3n) is 3.01. The Labute approximate surface area is 131 Å². The average molecular weight is 250 g/mol. The third-order valence-corrected chi connectivity index (χ3v) is 3.01. The minimum atomic E-state index is 0. The van der Waals surface area contributed by atoms with Crippen LogP contribution < -0.4 is 0 Å². The molecule has 0 aliphatic rings. The molecule has 0 aliphatic heterocycles. The summed E-state index contributed by atoms with van der Waals surface area (Å²) in [5.74, 6) is 0.358. The van der Waals surface area contributed by atoms with Crippen molar-refractivity contribution in [3.63, 3.8) is 0 Å². The van der Waals surface area contributed by atoms with Crippen LogP contribution in [0.5, 0.6) is 5.75 Å². The van der Waals surface area contributed by atoms with Gasteiger partial charge in [-0.15, -0.1) is 0 Å². The summed E-state index contributed by atoms with van der Waals surface area (Å²) < 4.78 is 0. The van der Waals surface area contributed by atoms with Crippen molar-refractivity contribution in [2.45, 2.75) is 26.2 Å². The van der Waals surface area contributed by atoms with Crippen LogP contribution in [0.1, 0.15) is 25.3 Å². The van der Waals surface area contributed by atoms with Crippen LogP contribution in [0.4, 0.5) is 0 Å². The van der Waals surface area contributed by atoms with E-state index in [1.54, 1.807) is 6.07 Å². The van der Waals surface area contributed by atoms with E-state index in [1.807, 2.05) is 24.3 Å². The molecule has 1 N–H and O–H groups in total. The average Bonchev–Trinajstić information content (AvgIpc) is 2.37. The standard InChI is InChI=1S/C16H18O.Na.H/c1-2-3-8-13-9-4-5-10-14(13)15-11-6-7-12-16(15)17;;/h4-7,9-12,17H,2-3,8H2,1H3;;. The molecule has 0 bridgehead atoms. The molecule has 2 rings (SSSR count). The number of hydrogen-bond donors (Lipinski definition) is 1. The Morgan fingerprint density at radius 1 is 0.889 bits per heavy atom. The van der Waals surface area contributed by atoms with Gasteiger partial charge in [-0.05, 0) is 30.0 Å². The van der Waals surface area contributed by atoms with Gasteiger partial charge in [0.05, 0.1) is 0 Å². The maximum absolute atomic E-state index is 9.91. The molecule has 0 atom stereocenters. The summed E-state index contributed by atoms with van der Waals surface area (Å²) >= 11 is 0. The first-order valence-electron chi connectivity index (χ1n) is 6.19. The molecular formula is C16H19NaO. The second kappa shape index (κ2) is 7.63. The quantitative estimate of drug-likeness (QED) is 0.819. The summed E-state index contributed by atoms with van der Waals surface area (Å²) in [7, 11) is 0. The number of para-hydroxylation sites is 1. The Balaban J connectivity index is 0.00000162. The predicted octanol–water partition coefficient (Wildman–Crippen LogP) is 3.75. The number of aromatic hydroxyl groups is 1. The Kier molecular flexibility index (Phi) is 6.48. The van der Waals surface area contributed by atoms with Crippen molar-refractivity contribution in [3.05, 3.63) is 54.1 Å². The molecule has 0 saturated heterocycles. The fourth-order valence-corrected chi connectivity index (χ4v) is 2.07. The molecule has 0 aromatic heterocycles. The van der Waals surface area contributed by atoms with E-state index >= 15 is 0 Å². The Morgan fingerprint density at radius 3 is 2.17 bits per heavy atom. The minimum absolute atomic E-state index is 0. The zero-order chi connectivity index (χ0) is 12.1. The Bertz CT molecular complexity index is 494. The van der Waals surface area contributed by atoms with E-state index < -0.39 is 0 Å². The molecule has 0 heterocycles. The maximum atomic E-state index is 9.91. The van der Waals surface area contributed by atoms with Crippen LogP contribution in [0.25, 0.3) is 11.1 Å². The predicted molar refractivity (Wildman–Crippen MR) is 79.3 cm³/mol. The monoisotopic (exact) mass is 250 g/mol. The zero-order valence-electron chi connectivity index (χ0n) is 10.2. The number of hydrogen-bond acceptors (Lipinski definition) is 1. The van der Waals surface area contributed by atoms with Crippen molar-refractivity contribution in [2.75, 3.05) is 0 Å². The van der Waals surface area contributed by atoms with Crippen molar-refractivity contribution in [1.29, 1.82) is 0 Å². The summed E-state index contributed by atoms with van der Waals surface area (Å²) in [6, 6.07) is 15.9. The van der Waals surface area contributed by atoms with Crippen LogP contribution >= 0.6 is 0 Å². The summed E-state index contributed by atoms with van der Waals surface area (Å²) in [6.45, 7) is 2.20. The van der Waals surface area contributed by atoms with E-state index in [0.29, 0.717) is 5.75 Å². The number of benzene rings is 2.